The molecule has 6 rings (SSSR count). The number of rotatable bonds is 9. The second kappa shape index (κ2) is 17.8. The molecule has 0 bridgehead atoms. The van der Waals surface area contributed by atoms with Crippen LogP contribution in [0.5, 0.6) is 51.7 Å². The van der Waals surface area contributed by atoms with E-state index in [0.717, 1.165) is 48.9 Å². The number of aromatic hydroxyl groups is 7. The van der Waals surface area contributed by atoms with Gasteiger partial charge < -0.3 is 55.3 Å². The molecule has 0 saturated carbocycles. The number of fused-ring (bicyclic) bond motifs is 1. The number of carbonyl (C=O) groups excluding carboxylic acids is 1. The van der Waals surface area contributed by atoms with E-state index in [1.165, 1.54) is 36.4 Å². The Morgan fingerprint density at radius 3 is 2.07 bits per heavy atom. The smallest absolute Gasteiger partial charge is 0.416 e. The lowest BCUT2D eigenvalue weighted by Crippen LogP contribution is -2.34. The standard InChI is InChI=1S/C22H18O10.C17H18F3NO.ClH/c23-11-6-14(25)12-8-19(32-22(30)10-4-16(27)20(29)17(28)5-10)21(31-18(12)7-11)9-1-2-13(24)15(26)3-9;1-21-12-11-16(13-5-3-2-4-6-13)22-15-9-7-14(8-10-15)17(18,19)20;/h1-7,19,21,23-29H,8H2;2-10,16,21H,11-12H2,1H3;1H. The number of phenols is 7. The summed E-state index contributed by atoms with van der Waals surface area (Å²) in [4.78, 5) is 12.7. The average molecular weight is 788 g/mol. The van der Waals surface area contributed by atoms with E-state index in [1.54, 1.807) is 0 Å². The highest BCUT2D eigenvalue weighted by molar-refractivity contribution is 5.91. The zero-order valence-corrected chi connectivity index (χ0v) is 29.7. The van der Waals surface area contributed by atoms with Crippen LogP contribution in [0.3, 0.4) is 0 Å². The molecule has 0 aromatic heterocycles. The van der Waals surface area contributed by atoms with Gasteiger partial charge in [0.1, 0.15) is 35.2 Å². The van der Waals surface area contributed by atoms with Crippen molar-refractivity contribution in [3.63, 3.8) is 0 Å². The van der Waals surface area contributed by atoms with E-state index in [2.05, 4.69) is 5.32 Å². The molecular weight excluding hydrogens is 751 g/mol. The van der Waals surface area contributed by atoms with Gasteiger partial charge in [-0.15, -0.1) is 12.4 Å². The minimum Gasteiger partial charge on any atom is -0.508 e. The fourth-order valence-electron chi connectivity index (χ4n) is 5.60. The number of alkyl halides is 3. The number of esters is 1. The van der Waals surface area contributed by atoms with E-state index < -0.39 is 52.9 Å². The van der Waals surface area contributed by atoms with E-state index in [4.69, 9.17) is 14.2 Å². The van der Waals surface area contributed by atoms with Crippen molar-refractivity contribution in [2.75, 3.05) is 13.6 Å². The number of carbonyl (C=O) groups is 1. The lowest BCUT2D eigenvalue weighted by molar-refractivity contribution is -0.137. The first kappa shape index (κ1) is 41.6. The van der Waals surface area contributed by atoms with Crippen molar-refractivity contribution in [1.82, 2.24) is 5.32 Å². The van der Waals surface area contributed by atoms with Crippen molar-refractivity contribution < 1.29 is 67.9 Å². The Bertz CT molecular complexity index is 2060. The van der Waals surface area contributed by atoms with Gasteiger partial charge in [-0.05, 0) is 67.7 Å². The van der Waals surface area contributed by atoms with E-state index >= 15 is 0 Å². The molecular formula is C39H37ClF3NO11. The van der Waals surface area contributed by atoms with Crippen molar-refractivity contribution in [2.24, 2.45) is 0 Å². The highest BCUT2D eigenvalue weighted by Gasteiger charge is 2.37. The first-order chi connectivity index (χ1) is 25.6. The Kier molecular flexibility index (Phi) is 13.4. The third-order valence-electron chi connectivity index (χ3n) is 8.35. The van der Waals surface area contributed by atoms with Crippen LogP contribution in [0.25, 0.3) is 0 Å². The molecule has 8 N–H and O–H groups in total. The monoisotopic (exact) mass is 787 g/mol. The molecule has 292 valence electrons. The molecule has 16 heteroatoms. The normalized spacial score (nSPS) is 15.2. The molecule has 0 amide bonds. The van der Waals surface area contributed by atoms with Crippen molar-refractivity contribution in [3.8, 4) is 51.7 Å². The molecule has 3 atom stereocenters. The van der Waals surface area contributed by atoms with Gasteiger partial charge in [-0.25, -0.2) is 4.79 Å². The zero-order chi connectivity index (χ0) is 39.2. The molecule has 5 aromatic carbocycles. The maximum Gasteiger partial charge on any atom is 0.416 e. The van der Waals surface area contributed by atoms with Crippen LogP contribution in [0.15, 0.2) is 97.1 Å². The van der Waals surface area contributed by atoms with Gasteiger partial charge in [-0.1, -0.05) is 36.4 Å². The molecule has 0 fully saturated rings. The summed E-state index contributed by atoms with van der Waals surface area (Å²) in [5.41, 5.74) is 0.647. The molecule has 55 heavy (non-hydrogen) atoms. The van der Waals surface area contributed by atoms with Gasteiger partial charge in [-0.2, -0.15) is 13.2 Å². The summed E-state index contributed by atoms with van der Waals surface area (Å²) < 4.78 is 54.9. The third kappa shape index (κ3) is 10.3. The number of nitrogens with one attached hydrogen (secondary N) is 1. The van der Waals surface area contributed by atoms with Gasteiger partial charge in [0.15, 0.2) is 34.9 Å². The van der Waals surface area contributed by atoms with Crippen LogP contribution >= 0.6 is 12.4 Å². The fourth-order valence-corrected chi connectivity index (χ4v) is 5.60. The summed E-state index contributed by atoms with van der Waals surface area (Å²) >= 11 is 0. The molecule has 0 saturated heterocycles. The maximum absolute atomic E-state index is 12.7. The van der Waals surface area contributed by atoms with Crippen LogP contribution in [0.1, 0.15) is 51.2 Å². The summed E-state index contributed by atoms with van der Waals surface area (Å²) in [6.07, 6.45) is -5.93. The van der Waals surface area contributed by atoms with Crippen LogP contribution in [0.2, 0.25) is 0 Å². The lowest BCUT2D eigenvalue weighted by atomic mass is 9.93. The summed E-state index contributed by atoms with van der Waals surface area (Å²) in [6.45, 7) is 0.750. The van der Waals surface area contributed by atoms with Gasteiger partial charge in [-0.3, -0.25) is 0 Å². The van der Waals surface area contributed by atoms with Crippen molar-refractivity contribution >= 4 is 18.4 Å². The van der Waals surface area contributed by atoms with Crippen molar-refractivity contribution in [2.45, 2.75) is 37.3 Å². The molecule has 0 aliphatic carbocycles. The van der Waals surface area contributed by atoms with Crippen LogP contribution in [-0.4, -0.2) is 61.4 Å². The lowest BCUT2D eigenvalue weighted by Gasteiger charge is -2.34. The second-order valence-electron chi connectivity index (χ2n) is 12.2. The quantitative estimate of drug-likeness (QED) is 0.0546. The molecule has 1 heterocycles. The SMILES string of the molecule is CNCCC(Oc1ccc(C(F)(F)F)cc1)c1ccccc1.Cl.O=C(OC1Cc2c(O)cc(O)cc2OC1c1ccc(O)c(O)c1)c1cc(O)c(O)c(O)c1. The van der Waals surface area contributed by atoms with Gasteiger partial charge in [0.2, 0.25) is 0 Å². The Hall–Kier alpha value is -6.19. The van der Waals surface area contributed by atoms with E-state index in [9.17, 15) is 53.7 Å². The van der Waals surface area contributed by atoms with Crippen LogP contribution in [0, 0.1) is 0 Å². The van der Waals surface area contributed by atoms with Crippen LogP contribution in [0.4, 0.5) is 13.2 Å². The summed E-state index contributed by atoms with van der Waals surface area (Å²) in [5.74, 6) is -4.00. The third-order valence-corrected chi connectivity index (χ3v) is 8.35. The highest BCUT2D eigenvalue weighted by atomic mass is 35.5. The van der Waals surface area contributed by atoms with Crippen molar-refractivity contribution in [1.29, 1.82) is 0 Å². The molecule has 3 unspecified atom stereocenters. The molecule has 5 aromatic rings. The number of benzene rings is 5. The summed E-state index contributed by atoms with van der Waals surface area (Å²) in [5, 5.41) is 71.3. The minimum atomic E-state index is -4.33. The predicted molar refractivity (Wildman–Crippen MR) is 194 cm³/mol. The first-order valence-corrected chi connectivity index (χ1v) is 16.4. The predicted octanol–water partition coefficient (Wildman–Crippen LogP) is 7.38. The van der Waals surface area contributed by atoms with E-state index in [-0.39, 0.29) is 59.1 Å². The Labute approximate surface area is 318 Å². The topological polar surface area (TPSA) is 198 Å². The number of phenolic OH excluding ortho intramolecular Hbond substituents is 7. The van der Waals surface area contributed by atoms with Crippen molar-refractivity contribution in [3.05, 3.63) is 125 Å². The van der Waals surface area contributed by atoms with Crippen LogP contribution < -0.4 is 14.8 Å². The van der Waals surface area contributed by atoms with Crippen LogP contribution in [-0.2, 0) is 17.3 Å². The first-order valence-electron chi connectivity index (χ1n) is 16.4. The Morgan fingerprint density at radius 1 is 0.818 bits per heavy atom. The molecule has 1 aliphatic heterocycles. The highest BCUT2D eigenvalue weighted by Crippen LogP contribution is 2.44. The van der Waals surface area contributed by atoms with Gasteiger partial charge in [0.25, 0.3) is 0 Å². The number of halogens is 4. The summed E-state index contributed by atoms with van der Waals surface area (Å²) in [7, 11) is 1.85. The van der Waals surface area contributed by atoms with Gasteiger partial charge in [0.05, 0.1) is 11.1 Å². The largest absolute Gasteiger partial charge is 0.508 e. The molecule has 12 nitrogen and oxygen atoms in total. The Morgan fingerprint density at radius 2 is 1.47 bits per heavy atom. The molecule has 0 radical (unpaired) electrons. The fraction of sp³-hybridized carbons (Fsp3) is 0.205. The molecule has 0 spiro atoms. The minimum absolute atomic E-state index is 0. The Balaban J connectivity index is 0.000000257. The number of hydrogen-bond acceptors (Lipinski definition) is 12. The number of ether oxygens (including phenoxy) is 3. The van der Waals surface area contributed by atoms with Gasteiger partial charge >= 0.3 is 12.1 Å². The van der Waals surface area contributed by atoms with E-state index in [0.29, 0.717) is 11.3 Å². The maximum atomic E-state index is 12.7. The molecule has 1 aliphatic rings. The summed E-state index contributed by atoms with van der Waals surface area (Å²) in [6, 6.07) is 22.5. The average Bonchev–Trinajstić information content (AvgIpc) is 3.13. The zero-order valence-electron chi connectivity index (χ0n) is 28.9. The second-order valence-corrected chi connectivity index (χ2v) is 12.2. The number of hydrogen-bond donors (Lipinski definition) is 8. The van der Waals surface area contributed by atoms with Gasteiger partial charge in [0, 0.05) is 36.1 Å². The van der Waals surface area contributed by atoms with E-state index in [1.807, 2.05) is 37.4 Å².